The van der Waals surface area contributed by atoms with Crippen LogP contribution in [0.4, 0.5) is 0 Å². The monoisotopic (exact) mass is 306 g/mol. The van der Waals surface area contributed by atoms with Crippen molar-refractivity contribution < 1.29 is 9.53 Å². The van der Waals surface area contributed by atoms with Crippen molar-refractivity contribution in [1.82, 2.24) is 5.32 Å². The van der Waals surface area contributed by atoms with Gasteiger partial charge in [0.1, 0.15) is 5.75 Å². The summed E-state index contributed by atoms with van der Waals surface area (Å²) in [5, 5.41) is 3.44. The molecule has 1 aromatic rings. The van der Waals surface area contributed by atoms with E-state index >= 15 is 0 Å². The quantitative estimate of drug-likeness (QED) is 0.877. The van der Waals surface area contributed by atoms with E-state index in [9.17, 15) is 4.79 Å². The predicted molar refractivity (Wildman–Crippen MR) is 80.2 cm³/mol. The smallest absolute Gasteiger partial charge is 0.261 e. The molecular weight excluding hydrogens is 287 g/mol. The van der Waals surface area contributed by atoms with Gasteiger partial charge in [-0.05, 0) is 44.5 Å². The minimum Gasteiger partial charge on any atom is -0.481 e. The minimum absolute atomic E-state index is 0. The molecule has 0 heterocycles. The van der Waals surface area contributed by atoms with E-state index in [1.54, 1.807) is 25.1 Å². The van der Waals surface area contributed by atoms with Crippen LogP contribution in [0, 0.1) is 6.92 Å². The van der Waals surface area contributed by atoms with Crippen LogP contribution in [0.25, 0.3) is 0 Å². The summed E-state index contributed by atoms with van der Waals surface area (Å²) in [6.07, 6.45) is -0.570. The van der Waals surface area contributed by atoms with Gasteiger partial charge in [-0.3, -0.25) is 4.79 Å². The van der Waals surface area contributed by atoms with Crippen molar-refractivity contribution in [3.63, 3.8) is 0 Å². The van der Waals surface area contributed by atoms with E-state index < -0.39 is 6.10 Å². The van der Waals surface area contributed by atoms with Crippen LogP contribution in [0.5, 0.6) is 5.75 Å². The molecule has 0 spiro atoms. The molecule has 0 fully saturated rings. The van der Waals surface area contributed by atoms with Gasteiger partial charge in [0.05, 0.1) is 0 Å². The number of hydrogen-bond donors (Lipinski definition) is 2. The number of carbonyl (C=O) groups excluding carboxylic acids is 1. The lowest BCUT2D eigenvalue weighted by molar-refractivity contribution is -0.127. The zero-order chi connectivity index (χ0) is 13.7. The number of carbonyl (C=O) groups is 1. The highest BCUT2D eigenvalue weighted by Gasteiger charge is 2.16. The summed E-state index contributed by atoms with van der Waals surface area (Å²) in [6, 6.07) is 5.24. The fourth-order valence-electron chi connectivity index (χ4n) is 1.37. The van der Waals surface area contributed by atoms with Crippen molar-refractivity contribution in [2.75, 3.05) is 6.54 Å². The SMILES string of the molecule is Cc1cc(OC(C)C(=O)N[C@@H](C)CN)ccc1Cl.Cl. The van der Waals surface area contributed by atoms with Gasteiger partial charge >= 0.3 is 0 Å². The van der Waals surface area contributed by atoms with E-state index in [1.165, 1.54) is 0 Å². The first kappa shape index (κ1) is 18.0. The highest BCUT2D eigenvalue weighted by atomic mass is 35.5. The summed E-state index contributed by atoms with van der Waals surface area (Å²) in [5.74, 6) is 0.445. The third-order valence-corrected chi connectivity index (χ3v) is 2.98. The molecule has 19 heavy (non-hydrogen) atoms. The molecule has 0 aliphatic carbocycles. The molecule has 3 N–H and O–H groups in total. The van der Waals surface area contributed by atoms with Crippen LogP contribution in [0.15, 0.2) is 18.2 Å². The van der Waals surface area contributed by atoms with E-state index in [2.05, 4.69) is 5.32 Å². The molecule has 0 aliphatic rings. The van der Waals surface area contributed by atoms with Crippen molar-refractivity contribution in [2.45, 2.75) is 32.9 Å². The molecular formula is C13H20Cl2N2O2. The highest BCUT2D eigenvalue weighted by Crippen LogP contribution is 2.21. The second-order valence-corrected chi connectivity index (χ2v) is 4.72. The van der Waals surface area contributed by atoms with Crippen molar-refractivity contribution in [1.29, 1.82) is 0 Å². The van der Waals surface area contributed by atoms with Crippen LogP contribution in [0.1, 0.15) is 19.4 Å². The van der Waals surface area contributed by atoms with Crippen LogP contribution in [-0.2, 0) is 4.79 Å². The normalized spacial score (nSPS) is 13.1. The number of nitrogens with one attached hydrogen (secondary N) is 1. The third-order valence-electron chi connectivity index (χ3n) is 2.55. The Balaban J connectivity index is 0.00000324. The number of amides is 1. The molecule has 2 atom stereocenters. The van der Waals surface area contributed by atoms with Gasteiger partial charge in [-0.1, -0.05) is 11.6 Å². The molecule has 0 aromatic heterocycles. The number of rotatable bonds is 5. The highest BCUT2D eigenvalue weighted by molar-refractivity contribution is 6.31. The molecule has 1 unspecified atom stereocenters. The molecule has 6 heteroatoms. The Kier molecular flexibility index (Phi) is 7.83. The van der Waals surface area contributed by atoms with Crippen LogP contribution in [-0.4, -0.2) is 24.6 Å². The molecule has 1 aromatic carbocycles. The second-order valence-electron chi connectivity index (χ2n) is 4.32. The predicted octanol–water partition coefficient (Wildman–Crippen LogP) is 2.30. The van der Waals surface area contributed by atoms with E-state index in [0.29, 0.717) is 17.3 Å². The maximum atomic E-state index is 11.8. The molecule has 108 valence electrons. The second kappa shape index (κ2) is 8.25. The summed E-state index contributed by atoms with van der Waals surface area (Å²) in [7, 11) is 0. The van der Waals surface area contributed by atoms with Crippen LogP contribution in [0.3, 0.4) is 0 Å². The molecule has 4 nitrogen and oxygen atoms in total. The van der Waals surface area contributed by atoms with Gasteiger partial charge in [0.25, 0.3) is 5.91 Å². The largest absolute Gasteiger partial charge is 0.481 e. The van der Waals surface area contributed by atoms with Crippen molar-refractivity contribution >= 4 is 29.9 Å². The number of aryl methyl sites for hydroxylation is 1. The first-order chi connectivity index (χ1) is 8.43. The van der Waals surface area contributed by atoms with Crippen molar-refractivity contribution in [3.8, 4) is 5.75 Å². The molecule has 0 saturated carbocycles. The van der Waals surface area contributed by atoms with Gasteiger partial charge < -0.3 is 15.8 Å². The molecule has 0 aliphatic heterocycles. The lowest BCUT2D eigenvalue weighted by Gasteiger charge is -2.18. The van der Waals surface area contributed by atoms with Gasteiger partial charge in [0.15, 0.2) is 6.10 Å². The zero-order valence-corrected chi connectivity index (χ0v) is 12.8. The van der Waals surface area contributed by atoms with Crippen molar-refractivity contribution in [2.24, 2.45) is 5.73 Å². The van der Waals surface area contributed by atoms with Crippen LogP contribution < -0.4 is 15.8 Å². The van der Waals surface area contributed by atoms with Gasteiger partial charge in [0, 0.05) is 17.6 Å². The number of benzene rings is 1. The van der Waals surface area contributed by atoms with Crippen LogP contribution in [0.2, 0.25) is 5.02 Å². The molecule has 1 amide bonds. The minimum atomic E-state index is -0.570. The van der Waals surface area contributed by atoms with Gasteiger partial charge in [-0.2, -0.15) is 0 Å². The lowest BCUT2D eigenvalue weighted by Crippen LogP contribution is -2.44. The van der Waals surface area contributed by atoms with Crippen LogP contribution >= 0.6 is 24.0 Å². The average Bonchev–Trinajstić information content (AvgIpc) is 2.33. The number of nitrogens with two attached hydrogens (primary N) is 1. The first-order valence-electron chi connectivity index (χ1n) is 5.87. The Labute approximate surface area is 125 Å². The summed E-state index contributed by atoms with van der Waals surface area (Å²) < 4.78 is 5.55. The number of hydrogen-bond acceptors (Lipinski definition) is 3. The third kappa shape index (κ3) is 5.68. The van der Waals surface area contributed by atoms with Gasteiger partial charge in [-0.25, -0.2) is 0 Å². The standard InChI is InChI=1S/C13H19ClN2O2.ClH/c1-8-6-11(4-5-12(8)14)18-10(3)13(17)16-9(2)7-15;/h4-6,9-10H,7,15H2,1-3H3,(H,16,17);1H/t9-,10?;/m0./s1. The summed E-state index contributed by atoms with van der Waals surface area (Å²) in [4.78, 5) is 11.8. The summed E-state index contributed by atoms with van der Waals surface area (Å²) in [6.45, 7) is 5.83. The average molecular weight is 307 g/mol. The van der Waals surface area contributed by atoms with E-state index in [1.807, 2.05) is 13.8 Å². The Morgan fingerprint density at radius 3 is 2.63 bits per heavy atom. The molecule has 1 rings (SSSR count). The molecule has 0 saturated heterocycles. The Hall–Kier alpha value is -0.970. The Morgan fingerprint density at radius 1 is 1.47 bits per heavy atom. The Morgan fingerprint density at radius 2 is 2.11 bits per heavy atom. The fourth-order valence-corrected chi connectivity index (χ4v) is 1.48. The van der Waals surface area contributed by atoms with Crippen molar-refractivity contribution in [3.05, 3.63) is 28.8 Å². The fraction of sp³-hybridized carbons (Fsp3) is 0.462. The topological polar surface area (TPSA) is 64.3 Å². The lowest BCUT2D eigenvalue weighted by atomic mass is 10.2. The number of ether oxygens (including phenoxy) is 1. The maximum absolute atomic E-state index is 11.8. The zero-order valence-electron chi connectivity index (χ0n) is 11.3. The Bertz CT molecular complexity index is 427. The van der Waals surface area contributed by atoms with E-state index in [-0.39, 0.29) is 24.4 Å². The van der Waals surface area contributed by atoms with Gasteiger partial charge in [-0.15, -0.1) is 12.4 Å². The summed E-state index contributed by atoms with van der Waals surface area (Å²) in [5.41, 5.74) is 6.35. The van der Waals surface area contributed by atoms with Gasteiger partial charge in [0.2, 0.25) is 0 Å². The number of halogens is 2. The first-order valence-corrected chi connectivity index (χ1v) is 6.25. The molecule has 0 bridgehead atoms. The maximum Gasteiger partial charge on any atom is 0.261 e. The van der Waals surface area contributed by atoms with E-state index in [4.69, 9.17) is 22.1 Å². The van der Waals surface area contributed by atoms with E-state index in [0.717, 1.165) is 5.56 Å². The molecule has 0 radical (unpaired) electrons. The summed E-state index contributed by atoms with van der Waals surface area (Å²) >= 11 is 5.92.